The predicted octanol–water partition coefficient (Wildman–Crippen LogP) is 2.34. The molecular formula is C15H17N3. The zero-order valence-corrected chi connectivity index (χ0v) is 10.3. The van der Waals surface area contributed by atoms with Crippen LogP contribution in [0.2, 0.25) is 0 Å². The Morgan fingerprint density at radius 3 is 3.06 bits per heavy atom. The van der Waals surface area contributed by atoms with Crippen LogP contribution < -0.4 is 10.6 Å². The van der Waals surface area contributed by atoms with E-state index in [1.165, 1.54) is 22.4 Å². The molecule has 0 spiro atoms. The molecule has 18 heavy (non-hydrogen) atoms. The molecule has 0 saturated carbocycles. The average molecular weight is 239 g/mol. The van der Waals surface area contributed by atoms with Gasteiger partial charge in [0.15, 0.2) is 0 Å². The van der Waals surface area contributed by atoms with E-state index in [1.807, 2.05) is 12.3 Å². The fourth-order valence-electron chi connectivity index (χ4n) is 2.40. The molecule has 3 nitrogen and oxygen atoms in total. The first-order valence-corrected chi connectivity index (χ1v) is 6.38. The van der Waals surface area contributed by atoms with Crippen molar-refractivity contribution in [3.8, 4) is 0 Å². The number of hydrogen-bond donors (Lipinski definition) is 2. The molecule has 1 aliphatic heterocycles. The molecule has 1 aromatic heterocycles. The summed E-state index contributed by atoms with van der Waals surface area (Å²) in [6.07, 6.45) is 4.85. The van der Waals surface area contributed by atoms with Gasteiger partial charge in [0.2, 0.25) is 0 Å². The predicted molar refractivity (Wildman–Crippen MR) is 73.4 cm³/mol. The Bertz CT molecular complexity index is 523. The third-order valence-electron chi connectivity index (χ3n) is 3.30. The summed E-state index contributed by atoms with van der Waals surface area (Å²) < 4.78 is 0. The van der Waals surface area contributed by atoms with E-state index in [0.29, 0.717) is 0 Å². The highest BCUT2D eigenvalue weighted by Crippen LogP contribution is 2.26. The molecule has 1 aromatic carbocycles. The number of nitrogens with zero attached hydrogens (tertiary/aromatic N) is 1. The van der Waals surface area contributed by atoms with Gasteiger partial charge in [-0.25, -0.2) is 0 Å². The quantitative estimate of drug-likeness (QED) is 0.860. The molecule has 0 bridgehead atoms. The van der Waals surface area contributed by atoms with Gasteiger partial charge in [0.1, 0.15) is 0 Å². The maximum atomic E-state index is 4.12. The van der Waals surface area contributed by atoms with Crippen molar-refractivity contribution >= 4 is 5.69 Å². The lowest BCUT2D eigenvalue weighted by Crippen LogP contribution is -2.13. The number of fused-ring (bicyclic) bond motifs is 1. The van der Waals surface area contributed by atoms with Crippen molar-refractivity contribution in [2.24, 2.45) is 0 Å². The van der Waals surface area contributed by atoms with Gasteiger partial charge in [0.25, 0.3) is 0 Å². The first kappa shape index (κ1) is 11.2. The van der Waals surface area contributed by atoms with E-state index in [1.54, 1.807) is 6.20 Å². The van der Waals surface area contributed by atoms with Crippen LogP contribution in [-0.2, 0) is 19.5 Å². The molecule has 1 aliphatic rings. The van der Waals surface area contributed by atoms with Gasteiger partial charge >= 0.3 is 0 Å². The molecule has 2 heterocycles. The topological polar surface area (TPSA) is 37.0 Å². The summed E-state index contributed by atoms with van der Waals surface area (Å²) in [6, 6.07) is 10.6. The molecule has 3 rings (SSSR count). The van der Waals surface area contributed by atoms with Crippen molar-refractivity contribution in [2.75, 3.05) is 11.9 Å². The highest BCUT2D eigenvalue weighted by atomic mass is 14.9. The van der Waals surface area contributed by atoms with Gasteiger partial charge in [-0.05, 0) is 29.2 Å². The number of aromatic nitrogens is 1. The Labute approximate surface area is 107 Å². The molecule has 0 unspecified atom stereocenters. The molecule has 3 heteroatoms. The fourth-order valence-corrected chi connectivity index (χ4v) is 2.40. The van der Waals surface area contributed by atoms with Gasteiger partial charge in [0, 0.05) is 37.7 Å². The van der Waals surface area contributed by atoms with E-state index in [4.69, 9.17) is 0 Å². The highest BCUT2D eigenvalue weighted by Gasteiger charge is 2.12. The summed E-state index contributed by atoms with van der Waals surface area (Å²) in [6.45, 7) is 2.82. The van der Waals surface area contributed by atoms with Crippen molar-refractivity contribution in [1.29, 1.82) is 0 Å². The van der Waals surface area contributed by atoms with Gasteiger partial charge in [-0.3, -0.25) is 4.98 Å². The molecule has 0 radical (unpaired) electrons. The van der Waals surface area contributed by atoms with E-state index in [2.05, 4.69) is 39.9 Å². The molecule has 2 aromatic rings. The van der Waals surface area contributed by atoms with Crippen LogP contribution >= 0.6 is 0 Å². The summed E-state index contributed by atoms with van der Waals surface area (Å²) in [5.74, 6) is 0. The molecule has 2 N–H and O–H groups in total. The van der Waals surface area contributed by atoms with E-state index < -0.39 is 0 Å². The van der Waals surface area contributed by atoms with Crippen LogP contribution in [0, 0.1) is 0 Å². The third-order valence-corrected chi connectivity index (χ3v) is 3.30. The van der Waals surface area contributed by atoms with Crippen LogP contribution in [0.15, 0.2) is 42.7 Å². The van der Waals surface area contributed by atoms with Crippen LogP contribution in [0.5, 0.6) is 0 Å². The zero-order chi connectivity index (χ0) is 12.2. The molecule has 0 saturated heterocycles. The van der Waals surface area contributed by atoms with Crippen molar-refractivity contribution in [2.45, 2.75) is 19.5 Å². The second-order valence-corrected chi connectivity index (χ2v) is 4.59. The number of rotatable bonds is 4. The first-order chi connectivity index (χ1) is 8.93. The Kier molecular flexibility index (Phi) is 3.24. The van der Waals surface area contributed by atoms with E-state index >= 15 is 0 Å². The summed E-state index contributed by atoms with van der Waals surface area (Å²) in [7, 11) is 0. The summed E-state index contributed by atoms with van der Waals surface area (Å²) in [5.41, 5.74) is 5.35. The first-order valence-electron chi connectivity index (χ1n) is 6.38. The van der Waals surface area contributed by atoms with Crippen LogP contribution in [0.25, 0.3) is 0 Å². The number of para-hydroxylation sites is 1. The number of pyridine rings is 1. The SMILES string of the molecule is c1cncc(CNCc2cccc3c2NCC3)c1. The Morgan fingerprint density at radius 1 is 1.17 bits per heavy atom. The zero-order valence-electron chi connectivity index (χ0n) is 10.3. The van der Waals surface area contributed by atoms with Crippen LogP contribution in [0.4, 0.5) is 5.69 Å². The largest absolute Gasteiger partial charge is 0.384 e. The van der Waals surface area contributed by atoms with Gasteiger partial charge < -0.3 is 10.6 Å². The Balaban J connectivity index is 1.63. The molecule has 0 fully saturated rings. The molecule has 0 aliphatic carbocycles. The van der Waals surface area contributed by atoms with Gasteiger partial charge in [0.05, 0.1) is 0 Å². The normalized spacial score (nSPS) is 13.1. The molecule has 0 amide bonds. The summed E-state index contributed by atoms with van der Waals surface area (Å²) in [4.78, 5) is 4.12. The molecule has 92 valence electrons. The standard InChI is InChI=1S/C15H17N3/c1-4-13-6-8-18-15(13)14(5-1)11-17-10-12-3-2-7-16-9-12/h1-5,7,9,17-18H,6,8,10-11H2. The maximum absolute atomic E-state index is 4.12. The lowest BCUT2D eigenvalue weighted by atomic mass is 10.1. The Hall–Kier alpha value is -1.87. The third kappa shape index (κ3) is 2.36. The lowest BCUT2D eigenvalue weighted by molar-refractivity contribution is 0.692. The van der Waals surface area contributed by atoms with Crippen LogP contribution in [0.3, 0.4) is 0 Å². The maximum Gasteiger partial charge on any atom is 0.0419 e. The van der Waals surface area contributed by atoms with Crippen LogP contribution in [-0.4, -0.2) is 11.5 Å². The summed E-state index contributed by atoms with van der Waals surface area (Å²) in [5, 5.41) is 6.93. The van der Waals surface area contributed by atoms with Crippen molar-refractivity contribution in [3.05, 3.63) is 59.4 Å². The number of anilines is 1. The second kappa shape index (κ2) is 5.19. The minimum Gasteiger partial charge on any atom is -0.384 e. The van der Waals surface area contributed by atoms with E-state index in [0.717, 1.165) is 26.1 Å². The highest BCUT2D eigenvalue weighted by molar-refractivity contribution is 5.61. The Morgan fingerprint density at radius 2 is 2.17 bits per heavy atom. The van der Waals surface area contributed by atoms with Crippen molar-refractivity contribution in [3.63, 3.8) is 0 Å². The van der Waals surface area contributed by atoms with Crippen molar-refractivity contribution < 1.29 is 0 Å². The van der Waals surface area contributed by atoms with Crippen molar-refractivity contribution in [1.82, 2.24) is 10.3 Å². The minimum absolute atomic E-state index is 0.859. The molecular weight excluding hydrogens is 222 g/mol. The monoisotopic (exact) mass is 239 g/mol. The minimum atomic E-state index is 0.859. The van der Waals surface area contributed by atoms with E-state index in [-0.39, 0.29) is 0 Å². The number of hydrogen-bond acceptors (Lipinski definition) is 3. The fraction of sp³-hybridized carbons (Fsp3) is 0.267. The summed E-state index contributed by atoms with van der Waals surface area (Å²) >= 11 is 0. The number of benzene rings is 1. The average Bonchev–Trinajstić information content (AvgIpc) is 2.89. The van der Waals surface area contributed by atoms with Gasteiger partial charge in [-0.15, -0.1) is 0 Å². The number of nitrogens with one attached hydrogen (secondary N) is 2. The second-order valence-electron chi connectivity index (χ2n) is 4.59. The van der Waals surface area contributed by atoms with E-state index in [9.17, 15) is 0 Å². The van der Waals surface area contributed by atoms with Gasteiger partial charge in [-0.2, -0.15) is 0 Å². The molecule has 0 atom stereocenters. The van der Waals surface area contributed by atoms with Gasteiger partial charge in [-0.1, -0.05) is 24.3 Å². The smallest absolute Gasteiger partial charge is 0.0419 e. The lowest BCUT2D eigenvalue weighted by Gasteiger charge is -2.10. The van der Waals surface area contributed by atoms with Crippen LogP contribution in [0.1, 0.15) is 16.7 Å².